The van der Waals surface area contributed by atoms with E-state index < -0.39 is 6.10 Å². The van der Waals surface area contributed by atoms with E-state index in [-0.39, 0.29) is 11.8 Å². The van der Waals surface area contributed by atoms with E-state index in [9.17, 15) is 9.90 Å². The summed E-state index contributed by atoms with van der Waals surface area (Å²) in [6, 6.07) is 16.3. The zero-order valence-corrected chi connectivity index (χ0v) is 14.2. The number of fused-ring (bicyclic) bond motifs is 1. The molecule has 2 heterocycles. The van der Waals surface area contributed by atoms with Crippen LogP contribution in [0.25, 0.3) is 10.8 Å². The normalized spacial score (nSPS) is 20.8. The zero-order valence-electron chi connectivity index (χ0n) is 14.2. The number of likely N-dealkylation sites (tertiary alicyclic amines) is 1. The van der Waals surface area contributed by atoms with Crippen molar-refractivity contribution < 1.29 is 9.90 Å². The van der Waals surface area contributed by atoms with Gasteiger partial charge in [0.15, 0.2) is 0 Å². The molecule has 0 saturated carbocycles. The molecule has 1 aromatic heterocycles. The summed E-state index contributed by atoms with van der Waals surface area (Å²) in [5.74, 6) is -0.0174. The molecular weight excluding hydrogens is 314 g/mol. The van der Waals surface area contributed by atoms with Crippen LogP contribution in [0, 0.1) is 0 Å². The van der Waals surface area contributed by atoms with Crippen molar-refractivity contribution in [3.63, 3.8) is 0 Å². The number of aliphatic hydroxyl groups is 1. The molecule has 2 aromatic carbocycles. The molecule has 4 rings (SSSR count). The van der Waals surface area contributed by atoms with E-state index in [1.54, 1.807) is 28.9 Å². The molecule has 128 valence electrons. The smallest absolute Gasteiger partial charge is 0.272 e. The highest BCUT2D eigenvalue weighted by molar-refractivity contribution is 5.92. The number of carbonyl (C=O) groups excluding carboxylic acids is 1. The number of hydrogen-bond donors (Lipinski definition) is 1. The number of aliphatic hydroxyl groups excluding tert-OH is 1. The topological polar surface area (TPSA) is 58.4 Å². The quantitative estimate of drug-likeness (QED) is 0.783. The number of benzene rings is 2. The number of rotatable bonds is 2. The molecule has 5 nitrogen and oxygen atoms in total. The molecule has 1 saturated heterocycles. The van der Waals surface area contributed by atoms with E-state index in [4.69, 9.17) is 0 Å². The first-order valence-corrected chi connectivity index (χ1v) is 8.57. The Morgan fingerprint density at radius 1 is 1.16 bits per heavy atom. The van der Waals surface area contributed by atoms with Gasteiger partial charge in [0.25, 0.3) is 5.91 Å². The molecule has 1 aliphatic rings. The standard InChI is InChI=1S/C20H21N3O2/c1-22-18(8-10-21-22)20(25)23-11-9-17(19(24)13-23)16-7-6-14-4-2-3-5-15(14)12-16/h2-8,10,12,17,19,24H,9,11,13H2,1H3. The molecule has 1 aliphatic heterocycles. The van der Waals surface area contributed by atoms with Gasteiger partial charge in [0.05, 0.1) is 6.10 Å². The summed E-state index contributed by atoms with van der Waals surface area (Å²) in [5, 5.41) is 17.1. The van der Waals surface area contributed by atoms with Gasteiger partial charge in [-0.2, -0.15) is 5.10 Å². The molecule has 2 unspecified atom stereocenters. The van der Waals surface area contributed by atoms with Crippen LogP contribution < -0.4 is 0 Å². The molecule has 3 aromatic rings. The molecule has 1 fully saturated rings. The maximum absolute atomic E-state index is 12.6. The molecule has 0 spiro atoms. The van der Waals surface area contributed by atoms with Crippen LogP contribution in [-0.2, 0) is 7.05 Å². The Balaban J connectivity index is 1.53. The van der Waals surface area contributed by atoms with Crippen LogP contribution in [0.1, 0.15) is 28.4 Å². The van der Waals surface area contributed by atoms with Crippen LogP contribution in [0.15, 0.2) is 54.7 Å². The summed E-state index contributed by atoms with van der Waals surface area (Å²) in [5.41, 5.74) is 1.69. The molecular formula is C20H21N3O2. The Morgan fingerprint density at radius 2 is 1.96 bits per heavy atom. The lowest BCUT2D eigenvalue weighted by Crippen LogP contribution is -2.46. The predicted molar refractivity (Wildman–Crippen MR) is 96.4 cm³/mol. The lowest BCUT2D eigenvalue weighted by Gasteiger charge is -2.36. The summed E-state index contributed by atoms with van der Waals surface area (Å²) in [7, 11) is 1.76. The molecule has 1 N–H and O–H groups in total. The number of carbonyl (C=O) groups is 1. The minimum Gasteiger partial charge on any atom is -0.391 e. The van der Waals surface area contributed by atoms with Crippen molar-refractivity contribution in [1.82, 2.24) is 14.7 Å². The van der Waals surface area contributed by atoms with Gasteiger partial charge in [-0.25, -0.2) is 0 Å². The molecule has 0 aliphatic carbocycles. The van der Waals surface area contributed by atoms with Gasteiger partial charge in [-0.1, -0.05) is 42.5 Å². The second-order valence-electron chi connectivity index (χ2n) is 6.66. The van der Waals surface area contributed by atoms with Gasteiger partial charge in [-0.3, -0.25) is 9.48 Å². The Hall–Kier alpha value is -2.66. The van der Waals surface area contributed by atoms with E-state index in [2.05, 4.69) is 35.4 Å². The van der Waals surface area contributed by atoms with E-state index in [1.807, 2.05) is 12.1 Å². The van der Waals surface area contributed by atoms with E-state index in [0.717, 1.165) is 12.0 Å². The van der Waals surface area contributed by atoms with Gasteiger partial charge in [0.2, 0.25) is 0 Å². The van der Waals surface area contributed by atoms with Crippen LogP contribution in [0.5, 0.6) is 0 Å². The molecule has 5 heteroatoms. The third-order valence-electron chi connectivity index (χ3n) is 5.11. The molecule has 25 heavy (non-hydrogen) atoms. The average molecular weight is 335 g/mol. The van der Waals surface area contributed by atoms with Crippen molar-refractivity contribution in [2.45, 2.75) is 18.4 Å². The molecule has 0 radical (unpaired) electrons. The van der Waals surface area contributed by atoms with Crippen LogP contribution in [0.3, 0.4) is 0 Å². The number of amides is 1. The van der Waals surface area contributed by atoms with Gasteiger partial charge in [-0.15, -0.1) is 0 Å². The Morgan fingerprint density at radius 3 is 2.68 bits per heavy atom. The summed E-state index contributed by atoms with van der Waals surface area (Å²) < 4.78 is 1.57. The van der Waals surface area contributed by atoms with Crippen molar-refractivity contribution >= 4 is 16.7 Å². The number of aryl methyl sites for hydroxylation is 1. The highest BCUT2D eigenvalue weighted by Gasteiger charge is 2.32. The Labute approximate surface area is 146 Å². The minimum absolute atomic E-state index is 0.0557. The summed E-state index contributed by atoms with van der Waals surface area (Å²) in [4.78, 5) is 14.3. The Bertz CT molecular complexity index is 918. The van der Waals surface area contributed by atoms with Gasteiger partial charge in [0, 0.05) is 32.3 Å². The number of nitrogens with zero attached hydrogens (tertiary/aromatic N) is 3. The van der Waals surface area contributed by atoms with Gasteiger partial charge in [0.1, 0.15) is 5.69 Å². The maximum Gasteiger partial charge on any atom is 0.272 e. The number of β-amino-alcohol motifs (C(OH)–C–C–N with tert-alkyl or cyclic N) is 1. The second-order valence-corrected chi connectivity index (χ2v) is 6.66. The van der Waals surface area contributed by atoms with E-state index in [1.165, 1.54) is 10.8 Å². The van der Waals surface area contributed by atoms with E-state index in [0.29, 0.717) is 18.8 Å². The second kappa shape index (κ2) is 6.33. The van der Waals surface area contributed by atoms with E-state index >= 15 is 0 Å². The van der Waals surface area contributed by atoms with Crippen molar-refractivity contribution in [1.29, 1.82) is 0 Å². The van der Waals surface area contributed by atoms with Crippen LogP contribution in [0.4, 0.5) is 0 Å². The van der Waals surface area contributed by atoms with Crippen LogP contribution >= 0.6 is 0 Å². The van der Waals surface area contributed by atoms with Crippen molar-refractivity contribution in [3.05, 3.63) is 66.0 Å². The minimum atomic E-state index is -0.563. The van der Waals surface area contributed by atoms with Gasteiger partial charge < -0.3 is 10.0 Å². The van der Waals surface area contributed by atoms with Crippen LogP contribution in [-0.4, -0.2) is 44.9 Å². The zero-order chi connectivity index (χ0) is 17.4. The fourth-order valence-corrected chi connectivity index (χ4v) is 3.69. The fraction of sp³-hybridized carbons (Fsp3) is 0.300. The average Bonchev–Trinajstić information content (AvgIpc) is 3.06. The van der Waals surface area contributed by atoms with Crippen LogP contribution in [0.2, 0.25) is 0 Å². The van der Waals surface area contributed by atoms with Crippen molar-refractivity contribution in [3.8, 4) is 0 Å². The van der Waals surface area contributed by atoms with Crippen molar-refractivity contribution in [2.24, 2.45) is 7.05 Å². The van der Waals surface area contributed by atoms with Gasteiger partial charge in [-0.05, 0) is 28.8 Å². The first-order valence-electron chi connectivity index (χ1n) is 8.57. The first kappa shape index (κ1) is 15.8. The molecule has 0 bridgehead atoms. The summed E-state index contributed by atoms with van der Waals surface area (Å²) in [6.07, 6.45) is 1.81. The fourth-order valence-electron chi connectivity index (χ4n) is 3.69. The highest BCUT2D eigenvalue weighted by atomic mass is 16.3. The lowest BCUT2D eigenvalue weighted by molar-refractivity contribution is 0.0374. The number of aromatic nitrogens is 2. The highest BCUT2D eigenvalue weighted by Crippen LogP contribution is 2.31. The third kappa shape index (κ3) is 2.91. The van der Waals surface area contributed by atoms with Gasteiger partial charge >= 0.3 is 0 Å². The third-order valence-corrected chi connectivity index (χ3v) is 5.11. The maximum atomic E-state index is 12.6. The Kier molecular flexibility index (Phi) is 4.01. The largest absolute Gasteiger partial charge is 0.391 e. The van der Waals surface area contributed by atoms with Crippen molar-refractivity contribution in [2.75, 3.05) is 13.1 Å². The lowest BCUT2D eigenvalue weighted by atomic mass is 9.86. The summed E-state index contributed by atoms with van der Waals surface area (Å²) in [6.45, 7) is 0.986. The molecule has 1 amide bonds. The SMILES string of the molecule is Cn1nccc1C(=O)N1CCC(c2ccc3ccccc3c2)C(O)C1. The molecule has 2 atom stereocenters. The predicted octanol–water partition coefficient (Wildman–Crippen LogP) is 2.56. The number of hydrogen-bond acceptors (Lipinski definition) is 3. The monoisotopic (exact) mass is 335 g/mol. The number of piperidine rings is 1. The summed E-state index contributed by atoms with van der Waals surface area (Å²) >= 11 is 0. The first-order chi connectivity index (χ1) is 12.1.